The van der Waals surface area contributed by atoms with Crippen LogP contribution in [0.4, 0.5) is 0 Å². The van der Waals surface area contributed by atoms with Gasteiger partial charge in [0.15, 0.2) is 0 Å². The summed E-state index contributed by atoms with van der Waals surface area (Å²) in [4.78, 5) is 20.2. The maximum atomic E-state index is 10.1. The monoisotopic (exact) mass is 212 g/mol. The standard InChI is InChI=1S/C6H4N2O4.2Na/c9-5(10)3-1-2-4(6(11)12)8-7-3;;/h1-2H,(H,9,10)(H,11,12);;/q;2*+1/p-2. The number of aromatic nitrogens is 2. The van der Waals surface area contributed by atoms with Gasteiger partial charge >= 0.3 is 59.1 Å². The van der Waals surface area contributed by atoms with E-state index >= 15 is 0 Å². The minimum atomic E-state index is -1.51. The second kappa shape index (κ2) is 7.33. The zero-order valence-electron chi connectivity index (χ0n) is 7.68. The predicted molar refractivity (Wildman–Crippen MR) is 30.7 cm³/mol. The van der Waals surface area contributed by atoms with Crippen LogP contribution in [0.25, 0.3) is 0 Å². The van der Waals surface area contributed by atoms with E-state index in [4.69, 9.17) is 0 Å². The number of hydrogen-bond acceptors (Lipinski definition) is 6. The van der Waals surface area contributed by atoms with Crippen molar-refractivity contribution in [2.24, 2.45) is 0 Å². The Kier molecular flexibility index (Phi) is 8.61. The maximum absolute atomic E-state index is 10.1. The van der Waals surface area contributed by atoms with Crippen LogP contribution in [0.15, 0.2) is 12.1 Å². The second-order valence-electron chi connectivity index (χ2n) is 1.88. The van der Waals surface area contributed by atoms with Crippen LogP contribution in [0.3, 0.4) is 0 Å². The molecule has 0 aliphatic carbocycles. The minimum absolute atomic E-state index is 0. The van der Waals surface area contributed by atoms with Crippen molar-refractivity contribution >= 4 is 11.9 Å². The third kappa shape index (κ3) is 4.50. The molecule has 1 aromatic rings. The van der Waals surface area contributed by atoms with E-state index < -0.39 is 23.3 Å². The van der Waals surface area contributed by atoms with Gasteiger partial charge in [0, 0.05) is 0 Å². The molecule has 14 heavy (non-hydrogen) atoms. The Balaban J connectivity index is 0. The summed E-state index contributed by atoms with van der Waals surface area (Å²) in [5.74, 6) is -3.01. The van der Waals surface area contributed by atoms with Gasteiger partial charge in [0.05, 0.1) is 11.9 Å². The summed E-state index contributed by atoms with van der Waals surface area (Å²) in [6.07, 6.45) is 0. The van der Waals surface area contributed by atoms with E-state index in [0.717, 1.165) is 12.1 Å². The predicted octanol–water partition coefficient (Wildman–Crippen LogP) is -8.79. The fourth-order valence-corrected chi connectivity index (χ4v) is 0.550. The molecule has 0 aromatic carbocycles. The van der Waals surface area contributed by atoms with Gasteiger partial charge in [-0.25, -0.2) is 0 Å². The normalized spacial score (nSPS) is 8.00. The molecule has 1 heterocycles. The van der Waals surface area contributed by atoms with Crippen LogP contribution < -0.4 is 69.3 Å². The molecule has 1 rings (SSSR count). The third-order valence-electron chi connectivity index (χ3n) is 1.08. The fraction of sp³-hybridized carbons (Fsp3) is 0. The van der Waals surface area contributed by atoms with Crippen LogP contribution in [0.5, 0.6) is 0 Å². The summed E-state index contributed by atoms with van der Waals surface area (Å²) < 4.78 is 0. The van der Waals surface area contributed by atoms with Gasteiger partial charge in [0.25, 0.3) is 0 Å². The van der Waals surface area contributed by atoms with Crippen molar-refractivity contribution in [3.8, 4) is 0 Å². The average molecular weight is 212 g/mol. The van der Waals surface area contributed by atoms with Gasteiger partial charge in [0.2, 0.25) is 0 Å². The molecule has 1 aromatic heterocycles. The first-order valence-electron chi connectivity index (χ1n) is 2.87. The van der Waals surface area contributed by atoms with E-state index in [1.807, 2.05) is 0 Å². The number of aromatic carboxylic acids is 2. The first-order valence-corrected chi connectivity index (χ1v) is 2.87. The number of rotatable bonds is 2. The first-order chi connectivity index (χ1) is 5.61. The molecule has 8 heteroatoms. The van der Waals surface area contributed by atoms with Gasteiger partial charge in [0.1, 0.15) is 11.4 Å². The molecule has 0 bridgehead atoms. The number of carbonyl (C=O) groups is 2. The Morgan fingerprint density at radius 1 is 0.929 bits per heavy atom. The van der Waals surface area contributed by atoms with Crippen LogP contribution in [0.1, 0.15) is 21.0 Å². The van der Waals surface area contributed by atoms with Crippen LogP contribution in [-0.4, -0.2) is 22.1 Å². The van der Waals surface area contributed by atoms with Crippen molar-refractivity contribution in [2.75, 3.05) is 0 Å². The Hall–Kier alpha value is 0.0200. The van der Waals surface area contributed by atoms with Crippen molar-refractivity contribution in [3.63, 3.8) is 0 Å². The van der Waals surface area contributed by atoms with Crippen LogP contribution in [-0.2, 0) is 0 Å². The summed E-state index contributed by atoms with van der Waals surface area (Å²) >= 11 is 0. The molecule has 0 N–H and O–H groups in total. The largest absolute Gasteiger partial charge is 1.00 e. The van der Waals surface area contributed by atoms with Crippen molar-refractivity contribution < 1.29 is 78.9 Å². The van der Waals surface area contributed by atoms with Crippen LogP contribution >= 0.6 is 0 Å². The number of carbonyl (C=O) groups excluding carboxylic acids is 2. The van der Waals surface area contributed by atoms with Crippen LogP contribution in [0, 0.1) is 0 Å². The summed E-state index contributed by atoms with van der Waals surface area (Å²) in [5, 5.41) is 26.3. The second-order valence-corrected chi connectivity index (χ2v) is 1.88. The molecule has 0 fully saturated rings. The third-order valence-corrected chi connectivity index (χ3v) is 1.08. The van der Waals surface area contributed by atoms with E-state index in [1.54, 1.807) is 0 Å². The van der Waals surface area contributed by atoms with Crippen LogP contribution in [0.2, 0.25) is 0 Å². The van der Waals surface area contributed by atoms with Gasteiger partial charge in [-0.1, -0.05) is 0 Å². The molecule has 0 amide bonds. The maximum Gasteiger partial charge on any atom is 1.00 e. The van der Waals surface area contributed by atoms with Gasteiger partial charge in [-0.15, -0.1) is 10.2 Å². The first kappa shape index (κ1) is 16.4. The molecular weight excluding hydrogens is 210 g/mol. The Morgan fingerprint density at radius 3 is 1.36 bits per heavy atom. The number of nitrogens with zero attached hydrogens (tertiary/aromatic N) is 2. The van der Waals surface area contributed by atoms with Crippen molar-refractivity contribution in [2.45, 2.75) is 0 Å². The van der Waals surface area contributed by atoms with Gasteiger partial charge in [-0.05, 0) is 12.1 Å². The minimum Gasteiger partial charge on any atom is -0.543 e. The smallest absolute Gasteiger partial charge is 0.543 e. The molecule has 0 saturated heterocycles. The zero-order valence-corrected chi connectivity index (χ0v) is 11.7. The van der Waals surface area contributed by atoms with Gasteiger partial charge in [-0.2, -0.15) is 0 Å². The fourth-order valence-electron chi connectivity index (χ4n) is 0.550. The van der Waals surface area contributed by atoms with Crippen molar-refractivity contribution in [1.29, 1.82) is 0 Å². The molecule has 0 aliphatic rings. The molecule has 0 saturated carbocycles. The summed E-state index contributed by atoms with van der Waals surface area (Å²) in [7, 11) is 0. The Bertz CT molecular complexity index is 294. The molecule has 62 valence electrons. The number of carboxylic acids is 2. The Morgan fingerprint density at radius 2 is 1.21 bits per heavy atom. The quantitative estimate of drug-likeness (QED) is 0.450. The van der Waals surface area contributed by atoms with E-state index in [-0.39, 0.29) is 59.1 Å². The van der Waals surface area contributed by atoms with Crippen molar-refractivity contribution in [1.82, 2.24) is 10.2 Å². The van der Waals surface area contributed by atoms with Gasteiger partial charge in [-0.3, -0.25) is 0 Å². The summed E-state index contributed by atoms with van der Waals surface area (Å²) in [5.41, 5.74) is -0.833. The molecule has 0 radical (unpaired) electrons. The Labute approximate surface area is 123 Å². The topological polar surface area (TPSA) is 106 Å². The average Bonchev–Trinajstić information content (AvgIpc) is 2.04. The van der Waals surface area contributed by atoms with E-state index in [0.29, 0.717) is 0 Å². The molecule has 6 nitrogen and oxygen atoms in total. The van der Waals surface area contributed by atoms with Crippen molar-refractivity contribution in [3.05, 3.63) is 23.5 Å². The number of hydrogen-bond donors (Lipinski definition) is 0. The summed E-state index contributed by atoms with van der Waals surface area (Å²) in [6, 6.07) is 1.96. The molecule has 0 aliphatic heterocycles. The molecule has 0 atom stereocenters. The summed E-state index contributed by atoms with van der Waals surface area (Å²) in [6.45, 7) is 0. The van der Waals surface area contributed by atoms with E-state index in [9.17, 15) is 19.8 Å². The van der Waals surface area contributed by atoms with E-state index in [1.165, 1.54) is 0 Å². The van der Waals surface area contributed by atoms with Gasteiger partial charge < -0.3 is 19.8 Å². The molecular formula is C6H2N2Na2O4. The zero-order chi connectivity index (χ0) is 9.14. The number of carboxylic acid groups (broad SMARTS) is 2. The van der Waals surface area contributed by atoms with E-state index in [2.05, 4.69) is 10.2 Å². The molecule has 0 unspecified atom stereocenters. The SMILES string of the molecule is O=C([O-])c1ccc(C(=O)[O-])nn1.[Na+].[Na+]. The molecule has 0 spiro atoms.